The number of nitrogens with one attached hydrogen (secondary N) is 1. The number of amides is 1. The summed E-state index contributed by atoms with van der Waals surface area (Å²) < 4.78 is 39.5. The highest BCUT2D eigenvalue weighted by Gasteiger charge is 2.31. The molecule has 1 amide bonds. The van der Waals surface area contributed by atoms with E-state index in [-0.39, 0.29) is 11.5 Å². The number of carbonyl (C=O) groups is 1. The van der Waals surface area contributed by atoms with E-state index in [0.717, 1.165) is 12.1 Å². The highest BCUT2D eigenvalue weighted by atomic mass is 19.4. The molecule has 96 valence electrons. The number of rotatable bonds is 2. The molecule has 1 fully saturated rings. The maximum Gasteiger partial charge on any atom is 0.573 e. The van der Waals surface area contributed by atoms with Crippen molar-refractivity contribution in [2.45, 2.75) is 12.8 Å². The molecule has 0 atom stereocenters. The SMILES string of the molecule is N=C1CCN(c2ccc(OC(F)(F)F)cc2)C1=O. The summed E-state index contributed by atoms with van der Waals surface area (Å²) in [7, 11) is 0. The molecule has 0 aromatic heterocycles. The van der Waals surface area contributed by atoms with Crippen LogP contribution in [0.5, 0.6) is 5.75 Å². The van der Waals surface area contributed by atoms with E-state index in [2.05, 4.69) is 4.74 Å². The van der Waals surface area contributed by atoms with Crippen LogP contribution in [0, 0.1) is 5.41 Å². The van der Waals surface area contributed by atoms with Crippen LogP contribution in [0.15, 0.2) is 24.3 Å². The standard InChI is InChI=1S/C11H9F3N2O2/c12-11(13,14)18-8-3-1-7(2-4-8)16-6-5-9(15)10(16)17/h1-4,15H,5-6H2. The summed E-state index contributed by atoms with van der Waals surface area (Å²) in [6, 6.07) is 4.99. The van der Waals surface area contributed by atoms with Crippen molar-refractivity contribution in [1.82, 2.24) is 0 Å². The molecule has 0 radical (unpaired) electrons. The van der Waals surface area contributed by atoms with Crippen LogP contribution in [0.1, 0.15) is 6.42 Å². The zero-order valence-electron chi connectivity index (χ0n) is 9.12. The first-order valence-corrected chi connectivity index (χ1v) is 5.12. The quantitative estimate of drug-likeness (QED) is 0.885. The second kappa shape index (κ2) is 4.32. The molecule has 0 aliphatic carbocycles. The molecule has 2 rings (SSSR count). The number of alkyl halides is 3. The minimum Gasteiger partial charge on any atom is -0.406 e. The molecule has 0 saturated carbocycles. The number of hydrogen-bond donors (Lipinski definition) is 1. The lowest BCUT2D eigenvalue weighted by molar-refractivity contribution is -0.274. The van der Waals surface area contributed by atoms with Crippen molar-refractivity contribution in [2.75, 3.05) is 11.4 Å². The Morgan fingerprint density at radius 2 is 1.83 bits per heavy atom. The minimum atomic E-state index is -4.73. The number of ether oxygens (including phenoxy) is 1. The van der Waals surface area contributed by atoms with Gasteiger partial charge in [0.1, 0.15) is 5.75 Å². The molecule has 0 unspecified atom stereocenters. The number of hydrogen-bond acceptors (Lipinski definition) is 3. The second-order valence-electron chi connectivity index (χ2n) is 3.73. The van der Waals surface area contributed by atoms with Crippen LogP contribution in [0.3, 0.4) is 0 Å². The maximum absolute atomic E-state index is 11.9. The van der Waals surface area contributed by atoms with Gasteiger partial charge in [0, 0.05) is 18.7 Å². The Hall–Kier alpha value is -2.05. The maximum atomic E-state index is 11.9. The molecule has 4 nitrogen and oxygen atoms in total. The lowest BCUT2D eigenvalue weighted by Gasteiger charge is -2.15. The summed E-state index contributed by atoms with van der Waals surface area (Å²) in [4.78, 5) is 12.9. The largest absolute Gasteiger partial charge is 0.573 e. The van der Waals surface area contributed by atoms with Gasteiger partial charge in [0.2, 0.25) is 0 Å². The number of benzene rings is 1. The molecule has 0 bridgehead atoms. The van der Waals surface area contributed by atoms with Crippen molar-refractivity contribution < 1.29 is 22.7 Å². The van der Waals surface area contributed by atoms with Gasteiger partial charge in [0.05, 0.1) is 5.71 Å². The van der Waals surface area contributed by atoms with Crippen LogP contribution in [-0.4, -0.2) is 24.5 Å². The molecular weight excluding hydrogens is 249 g/mol. The summed E-state index contributed by atoms with van der Waals surface area (Å²) in [6.45, 7) is 0.372. The van der Waals surface area contributed by atoms with E-state index in [1.165, 1.54) is 17.0 Å². The average Bonchev–Trinajstić information content (AvgIpc) is 2.59. The Bertz CT molecular complexity index is 482. The molecule has 18 heavy (non-hydrogen) atoms. The molecule has 1 aliphatic heterocycles. The van der Waals surface area contributed by atoms with Crippen molar-refractivity contribution in [3.63, 3.8) is 0 Å². The predicted molar refractivity (Wildman–Crippen MR) is 57.8 cm³/mol. The number of halogens is 3. The van der Waals surface area contributed by atoms with Gasteiger partial charge in [-0.15, -0.1) is 13.2 Å². The molecule has 1 saturated heterocycles. The van der Waals surface area contributed by atoms with E-state index in [1.54, 1.807) is 0 Å². The Labute approximate surface area is 100 Å². The molecule has 1 N–H and O–H groups in total. The molecule has 7 heteroatoms. The normalized spacial score (nSPS) is 16.3. The first-order valence-electron chi connectivity index (χ1n) is 5.12. The third-order valence-corrected chi connectivity index (χ3v) is 2.47. The van der Waals surface area contributed by atoms with Gasteiger partial charge in [-0.1, -0.05) is 0 Å². The van der Waals surface area contributed by atoms with E-state index in [9.17, 15) is 18.0 Å². The number of nitrogens with zero attached hydrogens (tertiary/aromatic N) is 1. The fourth-order valence-electron chi connectivity index (χ4n) is 1.67. The van der Waals surface area contributed by atoms with E-state index >= 15 is 0 Å². The van der Waals surface area contributed by atoms with Crippen molar-refractivity contribution in [3.8, 4) is 5.75 Å². The number of carbonyl (C=O) groups excluding carboxylic acids is 1. The van der Waals surface area contributed by atoms with Crippen LogP contribution in [0.25, 0.3) is 0 Å². The Morgan fingerprint density at radius 1 is 1.22 bits per heavy atom. The topological polar surface area (TPSA) is 53.4 Å². The van der Waals surface area contributed by atoms with Gasteiger partial charge in [-0.3, -0.25) is 10.2 Å². The third-order valence-electron chi connectivity index (χ3n) is 2.47. The van der Waals surface area contributed by atoms with Crippen molar-refractivity contribution in [2.24, 2.45) is 0 Å². The average molecular weight is 258 g/mol. The second-order valence-corrected chi connectivity index (χ2v) is 3.73. The fraction of sp³-hybridized carbons (Fsp3) is 0.273. The van der Waals surface area contributed by atoms with Crippen LogP contribution >= 0.6 is 0 Å². The van der Waals surface area contributed by atoms with E-state index < -0.39 is 12.3 Å². The van der Waals surface area contributed by atoms with Gasteiger partial charge >= 0.3 is 6.36 Å². The van der Waals surface area contributed by atoms with Crippen molar-refractivity contribution in [3.05, 3.63) is 24.3 Å². The lowest BCUT2D eigenvalue weighted by Crippen LogP contribution is -2.26. The first-order chi connectivity index (χ1) is 8.37. The smallest absolute Gasteiger partial charge is 0.406 e. The van der Waals surface area contributed by atoms with E-state index in [1.807, 2.05) is 0 Å². The zero-order chi connectivity index (χ0) is 13.3. The van der Waals surface area contributed by atoms with Gasteiger partial charge in [-0.05, 0) is 24.3 Å². The van der Waals surface area contributed by atoms with Gasteiger partial charge in [-0.25, -0.2) is 0 Å². The summed E-state index contributed by atoms with van der Waals surface area (Å²) in [5.74, 6) is -0.757. The van der Waals surface area contributed by atoms with Crippen molar-refractivity contribution in [1.29, 1.82) is 5.41 Å². The predicted octanol–water partition coefficient (Wildman–Crippen LogP) is 2.34. The van der Waals surface area contributed by atoms with Gasteiger partial charge < -0.3 is 9.64 Å². The molecule has 1 aromatic carbocycles. The van der Waals surface area contributed by atoms with Crippen LogP contribution in [0.4, 0.5) is 18.9 Å². The number of anilines is 1. The van der Waals surface area contributed by atoms with Crippen LogP contribution in [-0.2, 0) is 4.79 Å². The Kier molecular flexibility index (Phi) is 2.98. The Balaban J connectivity index is 2.13. The lowest BCUT2D eigenvalue weighted by atomic mass is 10.3. The highest BCUT2D eigenvalue weighted by molar-refractivity contribution is 6.44. The minimum absolute atomic E-state index is 0.00520. The summed E-state index contributed by atoms with van der Waals surface area (Å²) >= 11 is 0. The fourth-order valence-corrected chi connectivity index (χ4v) is 1.67. The monoisotopic (exact) mass is 258 g/mol. The molecular formula is C11H9F3N2O2. The van der Waals surface area contributed by atoms with E-state index in [4.69, 9.17) is 5.41 Å². The zero-order valence-corrected chi connectivity index (χ0v) is 9.12. The Morgan fingerprint density at radius 3 is 2.28 bits per heavy atom. The summed E-state index contributed by atoms with van der Waals surface area (Å²) in [6.07, 6.45) is -4.38. The summed E-state index contributed by atoms with van der Waals surface area (Å²) in [5, 5.41) is 7.33. The van der Waals surface area contributed by atoms with Crippen LogP contribution in [0.2, 0.25) is 0 Å². The molecule has 1 aromatic rings. The third kappa shape index (κ3) is 2.61. The molecule has 1 heterocycles. The first kappa shape index (κ1) is 12.4. The van der Waals surface area contributed by atoms with E-state index in [0.29, 0.717) is 18.7 Å². The van der Waals surface area contributed by atoms with Crippen molar-refractivity contribution >= 4 is 17.3 Å². The molecule has 0 spiro atoms. The molecule has 1 aliphatic rings. The van der Waals surface area contributed by atoms with Gasteiger partial charge in [0.25, 0.3) is 5.91 Å². The van der Waals surface area contributed by atoms with Gasteiger partial charge in [0.15, 0.2) is 0 Å². The summed E-state index contributed by atoms with van der Waals surface area (Å²) in [5.41, 5.74) is 0.461. The van der Waals surface area contributed by atoms with Gasteiger partial charge in [-0.2, -0.15) is 0 Å². The highest BCUT2D eigenvalue weighted by Crippen LogP contribution is 2.26. The van der Waals surface area contributed by atoms with Crippen LogP contribution < -0.4 is 9.64 Å².